The van der Waals surface area contributed by atoms with E-state index in [9.17, 15) is 18.0 Å². The number of carbonyl (C=O) groups excluding carboxylic acids is 2. The zero-order chi connectivity index (χ0) is 29.2. The van der Waals surface area contributed by atoms with E-state index in [-0.39, 0.29) is 23.1 Å². The maximum Gasteiger partial charge on any atom is 0.247 e. The van der Waals surface area contributed by atoms with Crippen molar-refractivity contribution >= 4 is 21.8 Å². The first-order chi connectivity index (χ1) is 19.8. The molecule has 0 aliphatic carbocycles. The molecule has 0 aromatic heterocycles. The molecule has 1 heterocycles. The van der Waals surface area contributed by atoms with Crippen LogP contribution in [-0.4, -0.2) is 49.1 Å². The number of hydrogen-bond acceptors (Lipinski definition) is 4. The Morgan fingerprint density at radius 3 is 2.07 bits per heavy atom. The molecule has 3 aromatic carbocycles. The van der Waals surface area contributed by atoms with Gasteiger partial charge < -0.3 is 10.2 Å². The Hall–Kier alpha value is -3.49. The summed E-state index contributed by atoms with van der Waals surface area (Å²) in [7, 11) is -3.49. The van der Waals surface area contributed by atoms with Gasteiger partial charge in [0, 0.05) is 32.6 Å². The highest BCUT2D eigenvalue weighted by Gasteiger charge is 2.31. The predicted molar refractivity (Wildman–Crippen MR) is 161 cm³/mol. The third-order valence-corrected chi connectivity index (χ3v) is 9.38. The highest BCUT2D eigenvalue weighted by atomic mass is 32.2. The van der Waals surface area contributed by atoms with Gasteiger partial charge in [0.2, 0.25) is 21.8 Å². The Labute approximate surface area is 244 Å². The first kappa shape index (κ1) is 30.5. The average molecular weight is 576 g/mol. The van der Waals surface area contributed by atoms with E-state index in [1.54, 1.807) is 29.2 Å². The van der Waals surface area contributed by atoms with Crippen LogP contribution >= 0.6 is 0 Å². The van der Waals surface area contributed by atoms with Gasteiger partial charge in [-0.25, -0.2) is 8.42 Å². The highest BCUT2D eigenvalue weighted by molar-refractivity contribution is 7.89. The minimum Gasteiger partial charge on any atom is -0.354 e. The number of carbonyl (C=O) groups is 2. The second kappa shape index (κ2) is 14.4. The minimum atomic E-state index is -3.49. The zero-order valence-corrected chi connectivity index (χ0v) is 24.9. The Bertz CT molecular complexity index is 1370. The van der Waals surface area contributed by atoms with Crippen molar-refractivity contribution in [2.24, 2.45) is 5.92 Å². The van der Waals surface area contributed by atoms with E-state index in [0.717, 1.165) is 36.0 Å². The molecule has 4 rings (SSSR count). The topological polar surface area (TPSA) is 86.8 Å². The van der Waals surface area contributed by atoms with Crippen molar-refractivity contribution < 1.29 is 18.0 Å². The number of aryl methyl sites for hydroxylation is 1. The minimum absolute atomic E-state index is 0.143. The van der Waals surface area contributed by atoms with E-state index in [4.69, 9.17) is 0 Å². The molecule has 0 bridgehead atoms. The Morgan fingerprint density at radius 2 is 1.46 bits per heavy atom. The van der Waals surface area contributed by atoms with E-state index in [0.29, 0.717) is 38.5 Å². The first-order valence-corrected chi connectivity index (χ1v) is 15.9. The molecule has 0 saturated carbocycles. The van der Waals surface area contributed by atoms with Crippen molar-refractivity contribution in [1.29, 1.82) is 0 Å². The van der Waals surface area contributed by atoms with Crippen LogP contribution in [-0.2, 0) is 32.6 Å². The van der Waals surface area contributed by atoms with Gasteiger partial charge in [-0.3, -0.25) is 9.59 Å². The van der Waals surface area contributed by atoms with Crippen LogP contribution in [0.4, 0.5) is 0 Å². The summed E-state index contributed by atoms with van der Waals surface area (Å²) in [5.74, 6) is 0.109. The standard InChI is InChI=1S/C33H41N3O4S/c1-26(2)21-22-34-33(38)32(29-13-7-4-8-14-29)36(25-28-11-5-3-6-12-28)31(37)20-17-27-15-18-30(19-16-27)41(39,40)35-23-9-10-24-35/h3-8,11-16,18-19,26,32H,9-10,17,20-25H2,1-2H3,(H,34,38)/t32-/m1/s1. The van der Waals surface area contributed by atoms with Gasteiger partial charge in [-0.05, 0) is 60.4 Å². The van der Waals surface area contributed by atoms with Gasteiger partial charge in [-0.1, -0.05) is 86.6 Å². The molecule has 1 atom stereocenters. The lowest BCUT2D eigenvalue weighted by molar-refractivity contribution is -0.141. The molecule has 2 amide bonds. The molecule has 0 spiro atoms. The fourth-order valence-corrected chi connectivity index (χ4v) is 6.61. The monoisotopic (exact) mass is 575 g/mol. The van der Waals surface area contributed by atoms with Gasteiger partial charge in [0.05, 0.1) is 4.90 Å². The van der Waals surface area contributed by atoms with Gasteiger partial charge in [0.1, 0.15) is 6.04 Å². The second-order valence-corrected chi connectivity index (χ2v) is 13.0. The van der Waals surface area contributed by atoms with Crippen LogP contribution in [0.2, 0.25) is 0 Å². The zero-order valence-electron chi connectivity index (χ0n) is 24.0. The largest absolute Gasteiger partial charge is 0.354 e. The van der Waals surface area contributed by atoms with E-state index in [1.807, 2.05) is 60.7 Å². The molecule has 7 nitrogen and oxygen atoms in total. The number of nitrogens with zero attached hydrogens (tertiary/aromatic N) is 2. The van der Waals surface area contributed by atoms with E-state index in [2.05, 4.69) is 19.2 Å². The third-order valence-electron chi connectivity index (χ3n) is 7.47. The molecule has 1 aliphatic heterocycles. The lowest BCUT2D eigenvalue weighted by atomic mass is 10.0. The summed E-state index contributed by atoms with van der Waals surface area (Å²) < 4.78 is 27.3. The van der Waals surface area contributed by atoms with Crippen LogP contribution < -0.4 is 5.32 Å². The van der Waals surface area contributed by atoms with Crippen molar-refractivity contribution in [2.75, 3.05) is 19.6 Å². The molecule has 1 saturated heterocycles. The fourth-order valence-electron chi connectivity index (χ4n) is 5.09. The molecular formula is C33H41N3O4S. The fraction of sp³-hybridized carbons (Fsp3) is 0.394. The summed E-state index contributed by atoms with van der Waals surface area (Å²) in [4.78, 5) is 29.4. The Kier molecular flexibility index (Phi) is 10.7. The lowest BCUT2D eigenvalue weighted by Gasteiger charge is -2.32. The summed E-state index contributed by atoms with van der Waals surface area (Å²) in [6.07, 6.45) is 3.25. The molecule has 1 N–H and O–H groups in total. The number of benzene rings is 3. The highest BCUT2D eigenvalue weighted by Crippen LogP contribution is 2.26. The lowest BCUT2D eigenvalue weighted by Crippen LogP contribution is -2.43. The van der Waals surface area contributed by atoms with Crippen molar-refractivity contribution in [3.63, 3.8) is 0 Å². The number of rotatable bonds is 13. The predicted octanol–water partition coefficient (Wildman–Crippen LogP) is 5.34. The van der Waals surface area contributed by atoms with Crippen LogP contribution in [0.25, 0.3) is 0 Å². The van der Waals surface area contributed by atoms with Crippen LogP contribution in [0.5, 0.6) is 0 Å². The van der Waals surface area contributed by atoms with Crippen LogP contribution in [0.15, 0.2) is 89.8 Å². The molecule has 8 heteroatoms. The van der Waals surface area contributed by atoms with Crippen molar-refractivity contribution in [3.05, 3.63) is 102 Å². The number of sulfonamides is 1. The third kappa shape index (κ3) is 8.27. The number of amides is 2. The van der Waals surface area contributed by atoms with Crippen molar-refractivity contribution in [2.45, 2.75) is 63.4 Å². The molecule has 218 valence electrons. The normalized spacial score (nSPS) is 14.6. The summed E-state index contributed by atoms with van der Waals surface area (Å²) in [5.41, 5.74) is 2.57. The van der Waals surface area contributed by atoms with E-state index in [1.165, 1.54) is 4.31 Å². The van der Waals surface area contributed by atoms with Gasteiger partial charge in [0.15, 0.2) is 0 Å². The Morgan fingerprint density at radius 1 is 0.854 bits per heavy atom. The average Bonchev–Trinajstić information content (AvgIpc) is 3.53. The summed E-state index contributed by atoms with van der Waals surface area (Å²) >= 11 is 0. The Balaban J connectivity index is 1.54. The molecule has 3 aromatic rings. The van der Waals surface area contributed by atoms with Crippen molar-refractivity contribution in [1.82, 2.24) is 14.5 Å². The second-order valence-electron chi connectivity index (χ2n) is 11.0. The molecule has 0 radical (unpaired) electrons. The van der Waals surface area contributed by atoms with Crippen LogP contribution in [0.3, 0.4) is 0 Å². The number of hydrogen-bond donors (Lipinski definition) is 1. The number of nitrogens with one attached hydrogen (secondary N) is 1. The molecule has 41 heavy (non-hydrogen) atoms. The maximum absolute atomic E-state index is 13.9. The van der Waals surface area contributed by atoms with Gasteiger partial charge in [0.25, 0.3) is 0 Å². The summed E-state index contributed by atoms with van der Waals surface area (Å²) in [5, 5.41) is 3.06. The molecular weight excluding hydrogens is 534 g/mol. The molecule has 1 fully saturated rings. The SMILES string of the molecule is CC(C)CCNC(=O)[C@@H](c1ccccc1)N(Cc1ccccc1)C(=O)CCc1ccc(S(=O)(=O)N2CCCC2)cc1. The van der Waals surface area contributed by atoms with Gasteiger partial charge in [-0.2, -0.15) is 4.31 Å². The molecule has 0 unspecified atom stereocenters. The summed E-state index contributed by atoms with van der Waals surface area (Å²) in [6.45, 7) is 6.18. The van der Waals surface area contributed by atoms with Gasteiger partial charge >= 0.3 is 0 Å². The van der Waals surface area contributed by atoms with E-state index < -0.39 is 16.1 Å². The van der Waals surface area contributed by atoms with Crippen LogP contribution in [0, 0.1) is 5.92 Å². The quantitative estimate of drug-likeness (QED) is 0.298. The smallest absolute Gasteiger partial charge is 0.247 e. The van der Waals surface area contributed by atoms with Crippen LogP contribution in [0.1, 0.15) is 62.3 Å². The van der Waals surface area contributed by atoms with E-state index >= 15 is 0 Å². The van der Waals surface area contributed by atoms with Crippen molar-refractivity contribution in [3.8, 4) is 0 Å². The van der Waals surface area contributed by atoms with Gasteiger partial charge in [-0.15, -0.1) is 0 Å². The summed E-state index contributed by atoms with van der Waals surface area (Å²) in [6, 6.07) is 25.2. The molecule has 1 aliphatic rings. The maximum atomic E-state index is 13.9. The first-order valence-electron chi connectivity index (χ1n) is 14.5.